The molecule has 4 saturated heterocycles. The summed E-state index contributed by atoms with van der Waals surface area (Å²) in [5, 5.41) is 14.6. The molecule has 298 valence electrons. The van der Waals surface area contributed by atoms with Gasteiger partial charge < -0.3 is 20.3 Å². The van der Waals surface area contributed by atoms with E-state index in [4.69, 9.17) is 38.7 Å². The van der Waals surface area contributed by atoms with Crippen LogP contribution < -0.4 is 15.4 Å². The Kier molecular flexibility index (Phi) is 9.26. The van der Waals surface area contributed by atoms with E-state index in [1.54, 1.807) is 11.0 Å². The third-order valence-corrected chi connectivity index (χ3v) is 14.1. The predicted molar refractivity (Wildman–Crippen MR) is 213 cm³/mol. The summed E-state index contributed by atoms with van der Waals surface area (Å²) in [6.45, 7) is 8.37. The Morgan fingerprint density at radius 2 is 2.02 bits per heavy atom. The molecule has 1 amide bonds. The highest BCUT2D eigenvalue weighted by Gasteiger charge is 2.58. The lowest BCUT2D eigenvalue weighted by molar-refractivity contribution is -0.0773. The van der Waals surface area contributed by atoms with Crippen molar-refractivity contribution in [3.63, 3.8) is 0 Å². The van der Waals surface area contributed by atoms with E-state index in [0.29, 0.717) is 37.3 Å². The van der Waals surface area contributed by atoms with Gasteiger partial charge in [0.05, 0.1) is 20.8 Å². The molecule has 3 aromatic heterocycles. The number of aromatic nitrogens is 5. The van der Waals surface area contributed by atoms with Crippen molar-refractivity contribution in [3.8, 4) is 23.2 Å². The highest BCUT2D eigenvalue weighted by atomic mass is 35.5. The Morgan fingerprint density at radius 3 is 2.75 bits per heavy atom. The summed E-state index contributed by atoms with van der Waals surface area (Å²) in [5.41, 5.74) is 5.34. The van der Waals surface area contributed by atoms with E-state index in [-0.39, 0.29) is 89.7 Å². The van der Waals surface area contributed by atoms with E-state index in [9.17, 15) is 14.4 Å². The van der Waals surface area contributed by atoms with Crippen LogP contribution >= 0.6 is 34.5 Å². The summed E-state index contributed by atoms with van der Waals surface area (Å²) in [7, 11) is 0. The fourth-order valence-corrected chi connectivity index (χ4v) is 11.6. The number of nitriles is 1. The zero-order valence-electron chi connectivity index (χ0n) is 31.4. The van der Waals surface area contributed by atoms with Gasteiger partial charge in [0.1, 0.15) is 47.3 Å². The largest absolute Gasteiger partial charge is 0.461 e. The number of anilines is 2. The number of hydrogen-bond donors (Lipinski definition) is 1. The van der Waals surface area contributed by atoms with E-state index in [1.165, 1.54) is 18.5 Å². The maximum absolute atomic E-state index is 17.4. The first-order chi connectivity index (χ1) is 27.2. The highest BCUT2D eigenvalue weighted by Crippen LogP contribution is 2.52. The normalized spacial score (nSPS) is 26.1. The predicted octanol–water partition coefficient (Wildman–Crippen LogP) is 8.08. The van der Waals surface area contributed by atoms with Gasteiger partial charge in [-0.25, -0.2) is 22.9 Å². The van der Waals surface area contributed by atoms with Crippen molar-refractivity contribution < 1.29 is 22.7 Å². The summed E-state index contributed by atoms with van der Waals surface area (Å²) in [6.07, 6.45) is 3.89. The van der Waals surface area contributed by atoms with Gasteiger partial charge in [-0.1, -0.05) is 31.5 Å². The SMILES string of the molecule is CC(C)[C@H]1N(C(=O)n2cnc(Cl)n2)C[C@]12CC[C@H](C)N(c1nc(OC[C@@]34CCCN3C[C@H](F)C4)nc3c(F)c(-c4ccc(F)c5sc(N)c(C#N)c45)c(Cl)cc13)C2. The van der Waals surface area contributed by atoms with Gasteiger partial charge in [-0.05, 0) is 74.4 Å². The first-order valence-corrected chi connectivity index (χ1v) is 20.6. The van der Waals surface area contributed by atoms with Gasteiger partial charge in [-0.2, -0.15) is 19.9 Å². The van der Waals surface area contributed by atoms with Crippen LogP contribution in [-0.4, -0.2) is 97.1 Å². The quantitative estimate of drug-likeness (QED) is 0.178. The van der Waals surface area contributed by atoms with E-state index >= 15 is 8.78 Å². The van der Waals surface area contributed by atoms with Crippen LogP contribution in [0.4, 0.5) is 28.8 Å². The van der Waals surface area contributed by atoms with Gasteiger partial charge >= 0.3 is 12.0 Å². The average Bonchev–Trinajstić information content (AvgIpc) is 3.92. The Labute approximate surface area is 340 Å². The molecule has 18 heteroatoms. The third kappa shape index (κ3) is 5.98. The molecule has 0 saturated carbocycles. The lowest BCUT2D eigenvalue weighted by Gasteiger charge is -2.63. The second-order valence-electron chi connectivity index (χ2n) is 16.3. The Bertz CT molecular complexity index is 2510. The molecule has 0 bridgehead atoms. The third-order valence-electron chi connectivity index (χ3n) is 12.6. The smallest absolute Gasteiger partial charge is 0.346 e. The number of alkyl halides is 1. The van der Waals surface area contributed by atoms with Crippen molar-refractivity contribution in [2.24, 2.45) is 11.3 Å². The number of benzene rings is 2. The zero-order chi connectivity index (χ0) is 40.1. The number of piperidine rings is 1. The maximum Gasteiger partial charge on any atom is 0.346 e. The number of likely N-dealkylation sites (tertiary alicyclic amines) is 1. The van der Waals surface area contributed by atoms with Gasteiger partial charge in [0.2, 0.25) is 5.28 Å². The summed E-state index contributed by atoms with van der Waals surface area (Å²) in [4.78, 5) is 33.2. The molecule has 12 nitrogen and oxygen atoms in total. The topological polar surface area (TPSA) is 142 Å². The molecule has 4 aliphatic rings. The summed E-state index contributed by atoms with van der Waals surface area (Å²) in [6, 6.07) is 5.61. The summed E-state index contributed by atoms with van der Waals surface area (Å²) < 4.78 is 54.9. The van der Waals surface area contributed by atoms with Crippen molar-refractivity contribution >= 4 is 72.4 Å². The molecule has 2 aromatic carbocycles. The van der Waals surface area contributed by atoms with Crippen LogP contribution in [0.1, 0.15) is 58.4 Å². The number of nitrogens with zero attached hydrogens (tertiary/aromatic N) is 9. The van der Waals surface area contributed by atoms with E-state index in [1.807, 2.05) is 6.07 Å². The molecule has 9 rings (SSSR count). The molecule has 0 unspecified atom stereocenters. The van der Waals surface area contributed by atoms with Crippen molar-refractivity contribution in [2.45, 2.75) is 76.7 Å². The number of thiophene rings is 1. The first kappa shape index (κ1) is 38.1. The number of ether oxygens (including phenoxy) is 1. The number of nitrogens with two attached hydrogens (primary N) is 1. The first-order valence-electron chi connectivity index (χ1n) is 19.0. The number of carbonyl (C=O) groups excluding carboxylic acids is 1. The molecule has 5 aromatic rings. The van der Waals surface area contributed by atoms with E-state index in [2.05, 4.69) is 45.6 Å². The summed E-state index contributed by atoms with van der Waals surface area (Å²) in [5.74, 6) is -0.920. The van der Waals surface area contributed by atoms with Crippen LogP contribution in [0.2, 0.25) is 10.3 Å². The van der Waals surface area contributed by atoms with Gasteiger partial charge in [0.25, 0.3) is 0 Å². The second kappa shape index (κ2) is 13.9. The van der Waals surface area contributed by atoms with Crippen molar-refractivity contribution in [1.29, 1.82) is 5.26 Å². The molecule has 4 fully saturated rings. The number of rotatable bonds is 6. The molecule has 0 radical (unpaired) electrons. The zero-order valence-corrected chi connectivity index (χ0v) is 33.7. The van der Waals surface area contributed by atoms with Gasteiger partial charge in [-0.3, -0.25) is 4.90 Å². The number of amides is 1. The minimum Gasteiger partial charge on any atom is -0.461 e. The van der Waals surface area contributed by atoms with Gasteiger partial charge in [0.15, 0.2) is 5.82 Å². The lowest BCUT2D eigenvalue weighted by atomic mass is 9.62. The van der Waals surface area contributed by atoms with Crippen molar-refractivity contribution in [2.75, 3.05) is 43.4 Å². The van der Waals surface area contributed by atoms with Crippen LogP contribution in [0.3, 0.4) is 0 Å². The number of carbonyl (C=O) groups is 1. The Hall–Kier alpha value is -4.43. The molecule has 4 aliphatic heterocycles. The molecule has 1 spiro atoms. The van der Waals surface area contributed by atoms with E-state index < -0.39 is 23.3 Å². The minimum atomic E-state index is -0.976. The standard InChI is InChI=1S/C39H39Cl2F3N10O2S/c1-19(2)32-38(16-53(32)37(55)54-18-47-35(41)50-54)9-7-20(3)52(15-38)34-23-11-25(40)28(22-5-6-26(43)31-27(22)24(13-45)33(46)57-31)29(44)30(23)48-36(49-34)56-17-39-8-4-10-51(39)14-21(42)12-39/h5-6,11,18-21,32H,4,7-10,12,14-17,46H2,1-3H3/t20-,21+,32+,38+,39-/m0/s1. The van der Waals surface area contributed by atoms with Crippen molar-refractivity contribution in [3.05, 3.63) is 52.0 Å². The number of fused-ring (bicyclic) bond motifs is 3. The van der Waals surface area contributed by atoms with Crippen molar-refractivity contribution in [1.82, 2.24) is 34.5 Å². The van der Waals surface area contributed by atoms with Gasteiger partial charge in [-0.15, -0.1) is 16.4 Å². The number of nitrogen functional groups attached to an aromatic ring is 1. The van der Waals surface area contributed by atoms with Gasteiger partial charge in [0, 0.05) is 59.9 Å². The molecule has 57 heavy (non-hydrogen) atoms. The highest BCUT2D eigenvalue weighted by molar-refractivity contribution is 7.23. The second-order valence-corrected chi connectivity index (χ2v) is 18.1. The number of halogens is 5. The fraction of sp³-hybridized carbons (Fsp3) is 0.487. The summed E-state index contributed by atoms with van der Waals surface area (Å²) >= 11 is 13.9. The van der Waals surface area contributed by atoms with Crippen LogP contribution in [0.5, 0.6) is 6.01 Å². The molecular weight excluding hydrogens is 800 g/mol. The fourth-order valence-electron chi connectivity index (χ4n) is 10.2. The van der Waals surface area contributed by atoms with Crippen LogP contribution in [0.25, 0.3) is 32.1 Å². The molecule has 5 atom stereocenters. The Balaban J connectivity index is 1.17. The Morgan fingerprint density at radius 1 is 1.21 bits per heavy atom. The minimum absolute atomic E-state index is 0.00635. The monoisotopic (exact) mass is 838 g/mol. The molecular formula is C39H39Cl2F3N10O2S. The molecule has 7 heterocycles. The molecule has 2 N–H and O–H groups in total. The average molecular weight is 840 g/mol. The maximum atomic E-state index is 17.4. The number of hydrogen-bond acceptors (Lipinski definition) is 11. The van der Waals surface area contributed by atoms with Crippen LogP contribution in [-0.2, 0) is 0 Å². The van der Waals surface area contributed by atoms with Crippen LogP contribution in [0.15, 0.2) is 24.5 Å². The van der Waals surface area contributed by atoms with E-state index in [0.717, 1.165) is 48.2 Å². The molecule has 0 aliphatic carbocycles. The lowest BCUT2D eigenvalue weighted by Crippen LogP contribution is -2.73. The van der Waals surface area contributed by atoms with Crippen LogP contribution in [0, 0.1) is 34.3 Å².